The molecule has 1 N–H and O–H groups in total. The van der Waals surface area contributed by atoms with Crippen molar-refractivity contribution < 1.29 is 9.90 Å². The number of carbonyl (C=O) groups is 1. The van der Waals surface area contributed by atoms with Crippen molar-refractivity contribution in [3.63, 3.8) is 0 Å². The molecule has 3 nitrogen and oxygen atoms in total. The van der Waals surface area contributed by atoms with Crippen molar-refractivity contribution in [2.24, 2.45) is 0 Å². The van der Waals surface area contributed by atoms with Gasteiger partial charge < -0.3 is 10.0 Å². The van der Waals surface area contributed by atoms with Gasteiger partial charge in [0.05, 0.1) is 0 Å². The van der Waals surface area contributed by atoms with E-state index in [1.807, 2.05) is 11.8 Å². The van der Waals surface area contributed by atoms with Crippen molar-refractivity contribution in [3.8, 4) is 0 Å². The molecule has 16 heavy (non-hydrogen) atoms. The highest BCUT2D eigenvalue weighted by Crippen LogP contribution is 2.08. The third-order valence-electron chi connectivity index (χ3n) is 2.89. The monoisotopic (exact) mass is 247 g/mol. The van der Waals surface area contributed by atoms with E-state index in [-0.39, 0.29) is 0 Å². The van der Waals surface area contributed by atoms with Crippen molar-refractivity contribution in [1.29, 1.82) is 0 Å². The molecule has 0 saturated carbocycles. The van der Waals surface area contributed by atoms with Crippen molar-refractivity contribution in [2.75, 3.05) is 25.6 Å². The average molecular weight is 247 g/mol. The molecule has 1 atom stereocenters. The second-order valence-electron chi connectivity index (χ2n) is 4.32. The number of carboxylic acids is 1. The molecular weight excluding hydrogens is 222 g/mol. The maximum absolute atomic E-state index is 10.3. The highest BCUT2D eigenvalue weighted by molar-refractivity contribution is 7.98. The number of unbranched alkanes of at least 4 members (excludes halogenated alkanes) is 2. The van der Waals surface area contributed by atoms with E-state index in [9.17, 15) is 4.79 Å². The third kappa shape index (κ3) is 9.04. The summed E-state index contributed by atoms with van der Waals surface area (Å²) in [6.45, 7) is 3.34. The van der Waals surface area contributed by atoms with Crippen LogP contribution in [0.25, 0.3) is 0 Å². The summed E-state index contributed by atoms with van der Waals surface area (Å²) >= 11 is 1.89. The van der Waals surface area contributed by atoms with Gasteiger partial charge in [-0.2, -0.15) is 11.8 Å². The SMILES string of the molecule is CSCCC(C)N(C)CCCCCC(=O)O. The second kappa shape index (κ2) is 9.97. The van der Waals surface area contributed by atoms with Gasteiger partial charge in [-0.25, -0.2) is 0 Å². The van der Waals surface area contributed by atoms with Gasteiger partial charge >= 0.3 is 5.97 Å². The normalized spacial score (nSPS) is 13.0. The number of nitrogens with zero attached hydrogens (tertiary/aromatic N) is 1. The maximum atomic E-state index is 10.3. The Bertz CT molecular complexity index is 188. The Labute approximate surface area is 104 Å². The lowest BCUT2D eigenvalue weighted by molar-refractivity contribution is -0.137. The fourth-order valence-electron chi connectivity index (χ4n) is 1.54. The minimum Gasteiger partial charge on any atom is -0.481 e. The molecule has 0 aliphatic rings. The summed E-state index contributed by atoms with van der Waals surface area (Å²) < 4.78 is 0. The summed E-state index contributed by atoms with van der Waals surface area (Å²) in [5.74, 6) is 0.534. The molecule has 0 saturated heterocycles. The Morgan fingerprint density at radius 2 is 2.06 bits per heavy atom. The van der Waals surface area contributed by atoms with E-state index < -0.39 is 5.97 Å². The summed E-state index contributed by atoms with van der Waals surface area (Å²) in [6.07, 6.45) is 6.61. The molecule has 0 spiro atoms. The van der Waals surface area contributed by atoms with E-state index in [0.717, 1.165) is 25.8 Å². The van der Waals surface area contributed by atoms with Crippen LogP contribution in [0.5, 0.6) is 0 Å². The number of thioether (sulfide) groups is 1. The van der Waals surface area contributed by atoms with Gasteiger partial charge in [0, 0.05) is 12.5 Å². The third-order valence-corrected chi connectivity index (χ3v) is 3.54. The molecular formula is C12H25NO2S. The summed E-state index contributed by atoms with van der Waals surface area (Å²) in [5.41, 5.74) is 0. The van der Waals surface area contributed by atoms with E-state index in [1.165, 1.54) is 12.2 Å². The van der Waals surface area contributed by atoms with E-state index in [1.54, 1.807) is 0 Å². The first kappa shape index (κ1) is 15.8. The minimum atomic E-state index is -0.679. The van der Waals surface area contributed by atoms with Crippen LogP contribution in [0.15, 0.2) is 0 Å². The lowest BCUT2D eigenvalue weighted by atomic mass is 10.1. The summed E-state index contributed by atoms with van der Waals surface area (Å²) in [4.78, 5) is 12.7. The van der Waals surface area contributed by atoms with Crippen molar-refractivity contribution in [1.82, 2.24) is 4.90 Å². The molecule has 0 aromatic heterocycles. The minimum absolute atomic E-state index is 0.311. The van der Waals surface area contributed by atoms with Crippen LogP contribution in [0.2, 0.25) is 0 Å². The zero-order valence-corrected chi connectivity index (χ0v) is 11.6. The smallest absolute Gasteiger partial charge is 0.303 e. The van der Waals surface area contributed by atoms with Gasteiger partial charge in [-0.3, -0.25) is 4.79 Å². The standard InChI is InChI=1S/C12H25NO2S/c1-11(8-10-16-3)13(2)9-6-4-5-7-12(14)15/h11H,4-10H2,1-3H3,(H,14,15). The number of hydrogen-bond acceptors (Lipinski definition) is 3. The second-order valence-corrected chi connectivity index (χ2v) is 5.30. The molecule has 0 aromatic rings. The van der Waals surface area contributed by atoms with Gasteiger partial charge in [-0.1, -0.05) is 6.42 Å². The van der Waals surface area contributed by atoms with Gasteiger partial charge in [0.2, 0.25) is 0 Å². The topological polar surface area (TPSA) is 40.5 Å². The molecule has 0 aliphatic heterocycles. The molecule has 0 aromatic carbocycles. The van der Waals surface area contributed by atoms with Crippen LogP contribution in [-0.4, -0.2) is 47.6 Å². The Hall–Kier alpha value is -0.220. The summed E-state index contributed by atoms with van der Waals surface area (Å²) in [7, 11) is 2.15. The molecule has 0 amide bonds. The quantitative estimate of drug-likeness (QED) is 0.603. The van der Waals surface area contributed by atoms with Gasteiger partial charge in [-0.05, 0) is 51.8 Å². The van der Waals surface area contributed by atoms with Crippen molar-refractivity contribution >= 4 is 17.7 Å². The van der Waals surface area contributed by atoms with Crippen LogP contribution in [0.1, 0.15) is 39.0 Å². The molecule has 96 valence electrons. The van der Waals surface area contributed by atoms with Crippen molar-refractivity contribution in [3.05, 3.63) is 0 Å². The zero-order valence-electron chi connectivity index (χ0n) is 10.7. The zero-order chi connectivity index (χ0) is 12.4. The molecule has 0 radical (unpaired) electrons. The summed E-state index contributed by atoms with van der Waals surface area (Å²) in [5, 5.41) is 8.49. The first-order chi connectivity index (χ1) is 7.57. The Morgan fingerprint density at radius 1 is 1.38 bits per heavy atom. The van der Waals surface area contributed by atoms with E-state index >= 15 is 0 Å². The van der Waals surface area contributed by atoms with Crippen LogP contribution in [0, 0.1) is 0 Å². The van der Waals surface area contributed by atoms with Gasteiger partial charge in [0.1, 0.15) is 0 Å². The first-order valence-electron chi connectivity index (χ1n) is 5.99. The fourth-order valence-corrected chi connectivity index (χ4v) is 2.12. The van der Waals surface area contributed by atoms with Crippen LogP contribution < -0.4 is 0 Å². The van der Waals surface area contributed by atoms with Crippen LogP contribution in [-0.2, 0) is 4.79 Å². The van der Waals surface area contributed by atoms with Crippen LogP contribution in [0.3, 0.4) is 0 Å². The number of rotatable bonds is 10. The fraction of sp³-hybridized carbons (Fsp3) is 0.917. The predicted octanol–water partition coefficient (Wildman–Crippen LogP) is 2.70. The largest absolute Gasteiger partial charge is 0.481 e. The van der Waals surface area contributed by atoms with Gasteiger partial charge in [0.15, 0.2) is 0 Å². The van der Waals surface area contributed by atoms with Gasteiger partial charge in [-0.15, -0.1) is 0 Å². The summed E-state index contributed by atoms with van der Waals surface area (Å²) in [6, 6.07) is 0.631. The molecule has 0 aliphatic carbocycles. The Kier molecular flexibility index (Phi) is 9.83. The molecule has 0 heterocycles. The van der Waals surface area contributed by atoms with E-state index in [0.29, 0.717) is 12.5 Å². The lowest BCUT2D eigenvalue weighted by Gasteiger charge is -2.24. The molecule has 0 bridgehead atoms. The van der Waals surface area contributed by atoms with E-state index in [2.05, 4.69) is 25.1 Å². The Morgan fingerprint density at radius 3 is 2.62 bits per heavy atom. The van der Waals surface area contributed by atoms with Crippen LogP contribution in [0.4, 0.5) is 0 Å². The maximum Gasteiger partial charge on any atom is 0.303 e. The number of carboxylic acid groups (broad SMARTS) is 1. The highest BCUT2D eigenvalue weighted by atomic mass is 32.2. The predicted molar refractivity (Wildman–Crippen MR) is 71.2 cm³/mol. The number of hydrogen-bond donors (Lipinski definition) is 1. The highest BCUT2D eigenvalue weighted by Gasteiger charge is 2.07. The molecule has 0 fully saturated rings. The molecule has 1 unspecified atom stereocenters. The molecule has 4 heteroatoms. The van der Waals surface area contributed by atoms with Crippen molar-refractivity contribution in [2.45, 2.75) is 45.1 Å². The van der Waals surface area contributed by atoms with Crippen LogP contribution >= 0.6 is 11.8 Å². The lowest BCUT2D eigenvalue weighted by Crippen LogP contribution is -2.30. The van der Waals surface area contributed by atoms with E-state index in [4.69, 9.17) is 5.11 Å². The van der Waals surface area contributed by atoms with Gasteiger partial charge in [0.25, 0.3) is 0 Å². The average Bonchev–Trinajstić information content (AvgIpc) is 2.24. The molecule has 0 rings (SSSR count). The first-order valence-corrected chi connectivity index (χ1v) is 7.38. The Balaban J connectivity index is 3.41. The number of aliphatic carboxylic acids is 1.